The van der Waals surface area contributed by atoms with E-state index in [1.807, 2.05) is 0 Å². The van der Waals surface area contributed by atoms with Crippen molar-refractivity contribution in [2.24, 2.45) is 5.92 Å². The maximum Gasteiger partial charge on any atom is 0.0366 e. The van der Waals surface area contributed by atoms with E-state index < -0.39 is 0 Å². The molecule has 0 heterocycles. The van der Waals surface area contributed by atoms with E-state index in [0.29, 0.717) is 5.92 Å². The lowest BCUT2D eigenvalue weighted by Gasteiger charge is -2.20. The van der Waals surface area contributed by atoms with E-state index in [1.54, 1.807) is 0 Å². The molecular formula is C15H23N. The van der Waals surface area contributed by atoms with Gasteiger partial charge in [0.05, 0.1) is 0 Å². The van der Waals surface area contributed by atoms with Crippen LogP contribution < -0.4 is 4.90 Å². The first-order valence-electron chi connectivity index (χ1n) is 6.20. The summed E-state index contributed by atoms with van der Waals surface area (Å²) in [5.41, 5.74) is 2.59. The van der Waals surface area contributed by atoms with Crippen LogP contribution in [0, 0.1) is 5.92 Å². The van der Waals surface area contributed by atoms with Gasteiger partial charge in [0.1, 0.15) is 0 Å². The van der Waals surface area contributed by atoms with E-state index in [4.69, 9.17) is 0 Å². The molecule has 1 aromatic carbocycles. The third-order valence-corrected chi connectivity index (χ3v) is 2.70. The summed E-state index contributed by atoms with van der Waals surface area (Å²) in [6.07, 6.45) is 4.42. The van der Waals surface area contributed by atoms with Gasteiger partial charge in [-0.15, -0.1) is 0 Å². The molecule has 0 unspecified atom stereocenters. The van der Waals surface area contributed by atoms with Crippen LogP contribution in [0.3, 0.4) is 0 Å². The van der Waals surface area contributed by atoms with Crippen LogP contribution in [0.2, 0.25) is 0 Å². The Labute approximate surface area is 99.8 Å². The van der Waals surface area contributed by atoms with E-state index in [1.165, 1.54) is 11.3 Å². The summed E-state index contributed by atoms with van der Waals surface area (Å²) in [5, 5.41) is 0. The van der Waals surface area contributed by atoms with Crippen LogP contribution >= 0.6 is 0 Å². The number of benzene rings is 1. The number of hydrogen-bond donors (Lipinski definition) is 0. The minimum Gasteiger partial charge on any atom is -0.372 e. The van der Waals surface area contributed by atoms with Gasteiger partial charge in [0, 0.05) is 18.8 Å². The zero-order valence-electron chi connectivity index (χ0n) is 10.9. The molecule has 0 saturated carbocycles. The number of rotatable bonds is 5. The van der Waals surface area contributed by atoms with Gasteiger partial charge in [0.15, 0.2) is 0 Å². The first-order chi connectivity index (χ1) is 7.67. The first-order valence-corrected chi connectivity index (χ1v) is 6.20. The second-order valence-electron chi connectivity index (χ2n) is 4.37. The highest BCUT2D eigenvalue weighted by molar-refractivity contribution is 5.56. The third kappa shape index (κ3) is 3.73. The lowest BCUT2D eigenvalue weighted by Crippen LogP contribution is -2.21. The normalized spacial score (nSPS) is 11.3. The largest absolute Gasteiger partial charge is 0.372 e. The SMILES string of the molecule is CCN(CC)c1ccc(C=CC(C)C)cc1. The van der Waals surface area contributed by atoms with Gasteiger partial charge in [-0.05, 0) is 37.5 Å². The smallest absolute Gasteiger partial charge is 0.0366 e. The van der Waals surface area contributed by atoms with E-state index in [9.17, 15) is 0 Å². The molecule has 0 amide bonds. The zero-order chi connectivity index (χ0) is 12.0. The number of hydrogen-bond acceptors (Lipinski definition) is 1. The van der Waals surface area contributed by atoms with E-state index in [-0.39, 0.29) is 0 Å². The van der Waals surface area contributed by atoms with Crippen LogP contribution in [0.5, 0.6) is 0 Å². The zero-order valence-corrected chi connectivity index (χ0v) is 10.9. The van der Waals surface area contributed by atoms with Gasteiger partial charge >= 0.3 is 0 Å². The molecular weight excluding hydrogens is 194 g/mol. The number of anilines is 1. The summed E-state index contributed by atoms with van der Waals surface area (Å²) < 4.78 is 0. The van der Waals surface area contributed by atoms with Crippen molar-refractivity contribution >= 4 is 11.8 Å². The predicted octanol–water partition coefficient (Wildman–Crippen LogP) is 4.20. The molecule has 0 aliphatic carbocycles. The van der Waals surface area contributed by atoms with E-state index in [2.05, 4.69) is 69.0 Å². The Bertz CT molecular complexity index is 318. The molecule has 16 heavy (non-hydrogen) atoms. The van der Waals surface area contributed by atoms with Crippen molar-refractivity contribution in [1.29, 1.82) is 0 Å². The quantitative estimate of drug-likeness (QED) is 0.714. The summed E-state index contributed by atoms with van der Waals surface area (Å²) in [5.74, 6) is 0.613. The Kier molecular flexibility index (Phi) is 5.10. The summed E-state index contributed by atoms with van der Waals surface area (Å²) in [4.78, 5) is 2.36. The molecule has 0 bridgehead atoms. The van der Waals surface area contributed by atoms with Gasteiger partial charge in [-0.3, -0.25) is 0 Å². The number of allylic oxidation sites excluding steroid dienone is 1. The Morgan fingerprint density at radius 3 is 2.06 bits per heavy atom. The Morgan fingerprint density at radius 2 is 1.62 bits per heavy atom. The summed E-state index contributed by atoms with van der Waals surface area (Å²) in [6.45, 7) is 10.9. The van der Waals surface area contributed by atoms with Crippen molar-refractivity contribution in [3.8, 4) is 0 Å². The molecule has 88 valence electrons. The fourth-order valence-electron chi connectivity index (χ4n) is 1.69. The van der Waals surface area contributed by atoms with Gasteiger partial charge < -0.3 is 4.90 Å². The molecule has 0 atom stereocenters. The standard InChI is InChI=1S/C15H23N/c1-5-16(6-2)15-11-9-14(10-12-15)8-7-13(3)4/h7-13H,5-6H2,1-4H3. The molecule has 0 N–H and O–H groups in total. The maximum atomic E-state index is 2.36. The van der Waals surface area contributed by atoms with Gasteiger partial charge in [-0.25, -0.2) is 0 Å². The highest BCUT2D eigenvalue weighted by Gasteiger charge is 1.99. The van der Waals surface area contributed by atoms with Gasteiger partial charge in [0.2, 0.25) is 0 Å². The Hall–Kier alpha value is -1.24. The summed E-state index contributed by atoms with van der Waals surface area (Å²) >= 11 is 0. The molecule has 0 radical (unpaired) electrons. The molecule has 1 heteroatoms. The maximum absolute atomic E-state index is 2.36. The molecule has 1 aromatic rings. The van der Waals surface area contributed by atoms with Crippen LogP contribution in [-0.2, 0) is 0 Å². The van der Waals surface area contributed by atoms with Crippen molar-refractivity contribution in [1.82, 2.24) is 0 Å². The fourth-order valence-corrected chi connectivity index (χ4v) is 1.69. The number of nitrogens with zero attached hydrogens (tertiary/aromatic N) is 1. The highest BCUT2D eigenvalue weighted by Crippen LogP contribution is 2.16. The van der Waals surface area contributed by atoms with Crippen LogP contribution in [0.15, 0.2) is 30.3 Å². The summed E-state index contributed by atoms with van der Waals surface area (Å²) in [7, 11) is 0. The Morgan fingerprint density at radius 1 is 1.06 bits per heavy atom. The molecule has 1 nitrogen and oxygen atoms in total. The molecule has 0 fully saturated rings. The predicted molar refractivity (Wildman–Crippen MR) is 73.9 cm³/mol. The minimum atomic E-state index is 0.613. The fraction of sp³-hybridized carbons (Fsp3) is 0.467. The molecule has 0 saturated heterocycles. The third-order valence-electron chi connectivity index (χ3n) is 2.70. The van der Waals surface area contributed by atoms with Crippen molar-refractivity contribution in [2.45, 2.75) is 27.7 Å². The second-order valence-corrected chi connectivity index (χ2v) is 4.37. The average molecular weight is 217 g/mol. The van der Waals surface area contributed by atoms with Crippen molar-refractivity contribution < 1.29 is 0 Å². The minimum absolute atomic E-state index is 0.613. The molecule has 0 aliphatic heterocycles. The lowest BCUT2D eigenvalue weighted by atomic mass is 10.1. The van der Waals surface area contributed by atoms with E-state index >= 15 is 0 Å². The van der Waals surface area contributed by atoms with Crippen LogP contribution in [-0.4, -0.2) is 13.1 Å². The van der Waals surface area contributed by atoms with Crippen LogP contribution in [0.1, 0.15) is 33.3 Å². The second kappa shape index (κ2) is 6.37. The molecule has 0 aliphatic rings. The van der Waals surface area contributed by atoms with Crippen LogP contribution in [0.4, 0.5) is 5.69 Å². The van der Waals surface area contributed by atoms with Crippen molar-refractivity contribution in [3.63, 3.8) is 0 Å². The average Bonchev–Trinajstić information content (AvgIpc) is 2.29. The molecule has 1 rings (SSSR count). The monoisotopic (exact) mass is 217 g/mol. The summed E-state index contributed by atoms with van der Waals surface area (Å²) in [6, 6.07) is 8.78. The lowest BCUT2D eigenvalue weighted by molar-refractivity contribution is 0.836. The van der Waals surface area contributed by atoms with Gasteiger partial charge in [-0.2, -0.15) is 0 Å². The Balaban J connectivity index is 2.74. The van der Waals surface area contributed by atoms with Crippen LogP contribution in [0.25, 0.3) is 6.08 Å². The van der Waals surface area contributed by atoms with E-state index in [0.717, 1.165) is 13.1 Å². The molecule has 0 spiro atoms. The van der Waals surface area contributed by atoms with Gasteiger partial charge in [0.25, 0.3) is 0 Å². The topological polar surface area (TPSA) is 3.24 Å². The van der Waals surface area contributed by atoms with Crippen molar-refractivity contribution in [3.05, 3.63) is 35.9 Å². The highest BCUT2D eigenvalue weighted by atomic mass is 15.1. The molecule has 0 aromatic heterocycles. The van der Waals surface area contributed by atoms with Gasteiger partial charge in [-0.1, -0.05) is 38.1 Å². The first kappa shape index (κ1) is 12.8. The van der Waals surface area contributed by atoms with Crippen molar-refractivity contribution in [2.75, 3.05) is 18.0 Å².